The van der Waals surface area contributed by atoms with Crippen LogP contribution in [0.2, 0.25) is 0 Å². The minimum Gasteiger partial charge on any atom is -0.329 e. The van der Waals surface area contributed by atoms with Crippen LogP contribution < -0.4 is 10.5 Å². The van der Waals surface area contributed by atoms with Gasteiger partial charge in [-0.25, -0.2) is 4.72 Å². The molecule has 3 N–H and O–H groups in total. The zero-order chi connectivity index (χ0) is 14.6. The Balaban J connectivity index is 1.89. The Bertz CT molecular complexity index is 399. The molecule has 0 aromatic heterocycles. The summed E-state index contributed by atoms with van der Waals surface area (Å²) in [5, 5.41) is 0. The molecule has 0 bridgehead atoms. The summed E-state index contributed by atoms with van der Waals surface area (Å²) < 4.78 is 29.3. The fourth-order valence-corrected chi connectivity index (χ4v) is 5.14. The highest BCUT2D eigenvalue weighted by Crippen LogP contribution is 2.28. The molecule has 0 aromatic rings. The van der Waals surface area contributed by atoms with Crippen LogP contribution in [0.5, 0.6) is 0 Å². The van der Waals surface area contributed by atoms with Crippen molar-refractivity contribution in [1.82, 2.24) is 9.03 Å². The molecule has 3 unspecified atom stereocenters. The van der Waals surface area contributed by atoms with Gasteiger partial charge < -0.3 is 5.73 Å². The lowest BCUT2D eigenvalue weighted by molar-refractivity contribution is 0.248. The quantitative estimate of drug-likeness (QED) is 0.807. The van der Waals surface area contributed by atoms with Crippen molar-refractivity contribution in [1.29, 1.82) is 0 Å². The van der Waals surface area contributed by atoms with Gasteiger partial charge >= 0.3 is 0 Å². The molecule has 1 aliphatic heterocycles. The second-order valence-electron chi connectivity index (χ2n) is 6.49. The van der Waals surface area contributed by atoms with Gasteiger partial charge in [-0.3, -0.25) is 0 Å². The van der Waals surface area contributed by atoms with E-state index in [1.165, 1.54) is 12.8 Å². The molecular formula is C14H29N3O2S. The average molecular weight is 303 g/mol. The molecule has 1 saturated heterocycles. The number of hydrogen-bond donors (Lipinski definition) is 2. The zero-order valence-electron chi connectivity index (χ0n) is 12.6. The van der Waals surface area contributed by atoms with E-state index in [-0.39, 0.29) is 6.04 Å². The molecule has 3 atom stereocenters. The minimum atomic E-state index is -3.36. The Morgan fingerprint density at radius 3 is 2.70 bits per heavy atom. The van der Waals surface area contributed by atoms with Crippen LogP contribution >= 0.6 is 0 Å². The molecule has 118 valence electrons. The smallest absolute Gasteiger partial charge is 0.279 e. The summed E-state index contributed by atoms with van der Waals surface area (Å²) in [4.78, 5) is 0. The number of nitrogens with one attached hydrogen (secondary N) is 1. The maximum absolute atomic E-state index is 12.4. The van der Waals surface area contributed by atoms with Gasteiger partial charge in [-0.15, -0.1) is 0 Å². The maximum Gasteiger partial charge on any atom is 0.279 e. The summed E-state index contributed by atoms with van der Waals surface area (Å²) in [6, 6.07) is -0.0217. The molecule has 1 aliphatic carbocycles. The van der Waals surface area contributed by atoms with Crippen molar-refractivity contribution in [3.63, 3.8) is 0 Å². The highest BCUT2D eigenvalue weighted by Gasteiger charge is 2.32. The molecule has 5 nitrogen and oxygen atoms in total. The van der Waals surface area contributed by atoms with E-state index in [0.717, 1.165) is 38.0 Å². The van der Waals surface area contributed by atoms with Crippen LogP contribution in [0.15, 0.2) is 0 Å². The fourth-order valence-electron chi connectivity index (χ4n) is 3.58. The van der Waals surface area contributed by atoms with Crippen molar-refractivity contribution < 1.29 is 8.42 Å². The van der Waals surface area contributed by atoms with Crippen LogP contribution in [0, 0.1) is 11.8 Å². The van der Waals surface area contributed by atoms with Gasteiger partial charge in [-0.05, 0) is 37.5 Å². The zero-order valence-corrected chi connectivity index (χ0v) is 13.4. The molecule has 0 spiro atoms. The number of piperidine rings is 1. The number of nitrogens with zero attached hydrogens (tertiary/aromatic N) is 1. The Morgan fingerprint density at radius 2 is 2.00 bits per heavy atom. The van der Waals surface area contributed by atoms with Crippen molar-refractivity contribution in [3.8, 4) is 0 Å². The van der Waals surface area contributed by atoms with Gasteiger partial charge in [0.1, 0.15) is 0 Å². The van der Waals surface area contributed by atoms with Gasteiger partial charge in [0.2, 0.25) is 0 Å². The van der Waals surface area contributed by atoms with Crippen molar-refractivity contribution in [2.24, 2.45) is 17.6 Å². The van der Waals surface area contributed by atoms with E-state index in [1.807, 2.05) is 0 Å². The van der Waals surface area contributed by atoms with E-state index in [4.69, 9.17) is 5.73 Å². The van der Waals surface area contributed by atoms with Crippen molar-refractivity contribution in [2.45, 2.75) is 57.9 Å². The maximum atomic E-state index is 12.4. The predicted octanol–water partition coefficient (Wildman–Crippen LogP) is 1.46. The summed E-state index contributed by atoms with van der Waals surface area (Å²) in [5.74, 6) is 1.22. The van der Waals surface area contributed by atoms with Crippen LogP contribution in [0.25, 0.3) is 0 Å². The predicted molar refractivity (Wildman–Crippen MR) is 81.4 cm³/mol. The fraction of sp³-hybridized carbons (Fsp3) is 1.00. The summed E-state index contributed by atoms with van der Waals surface area (Å²) in [6.45, 7) is 3.87. The van der Waals surface area contributed by atoms with Crippen molar-refractivity contribution in [3.05, 3.63) is 0 Å². The largest absolute Gasteiger partial charge is 0.329 e. The first-order valence-electron chi connectivity index (χ1n) is 7.99. The Morgan fingerprint density at radius 1 is 1.20 bits per heavy atom. The standard InChI is InChI=1S/C14H29N3O2S/c1-12-5-4-6-13(9-12)11-16-20(18,19)17-8-3-2-7-14(17)10-15/h12-14,16H,2-11,15H2,1H3. The molecule has 6 heteroatoms. The third-order valence-corrected chi connectivity index (χ3v) is 6.38. The van der Waals surface area contributed by atoms with Crippen molar-refractivity contribution >= 4 is 10.2 Å². The summed E-state index contributed by atoms with van der Waals surface area (Å²) in [5.41, 5.74) is 5.71. The van der Waals surface area contributed by atoms with Crippen LogP contribution in [0.1, 0.15) is 51.9 Å². The highest BCUT2D eigenvalue weighted by atomic mass is 32.2. The summed E-state index contributed by atoms with van der Waals surface area (Å²) >= 11 is 0. The topological polar surface area (TPSA) is 75.4 Å². The monoisotopic (exact) mass is 303 g/mol. The molecule has 1 saturated carbocycles. The van der Waals surface area contributed by atoms with E-state index in [9.17, 15) is 8.42 Å². The SMILES string of the molecule is CC1CCCC(CNS(=O)(=O)N2CCCCC2CN)C1. The van der Waals surface area contributed by atoms with Crippen LogP contribution in [-0.4, -0.2) is 38.4 Å². The van der Waals surface area contributed by atoms with Gasteiger partial charge in [-0.2, -0.15) is 12.7 Å². The lowest BCUT2D eigenvalue weighted by Crippen LogP contribution is -2.52. The van der Waals surface area contributed by atoms with Gasteiger partial charge in [0.15, 0.2) is 0 Å². The van der Waals surface area contributed by atoms with E-state index in [2.05, 4.69) is 11.6 Å². The second kappa shape index (κ2) is 7.20. The van der Waals surface area contributed by atoms with Gasteiger partial charge in [0.25, 0.3) is 10.2 Å². The van der Waals surface area contributed by atoms with Gasteiger partial charge in [0, 0.05) is 25.7 Å². The molecule has 0 aromatic carbocycles. The first-order chi connectivity index (χ1) is 9.53. The van der Waals surface area contributed by atoms with Crippen molar-refractivity contribution in [2.75, 3.05) is 19.6 Å². The molecule has 20 heavy (non-hydrogen) atoms. The lowest BCUT2D eigenvalue weighted by Gasteiger charge is -2.34. The molecule has 0 amide bonds. The van der Waals surface area contributed by atoms with E-state index in [1.54, 1.807) is 4.31 Å². The van der Waals surface area contributed by atoms with E-state index >= 15 is 0 Å². The summed E-state index contributed by atoms with van der Waals surface area (Å²) in [6.07, 6.45) is 7.70. The first kappa shape index (κ1) is 16.2. The molecular weight excluding hydrogens is 274 g/mol. The Hall–Kier alpha value is -0.170. The van der Waals surface area contributed by atoms with Gasteiger partial charge in [-0.1, -0.05) is 26.2 Å². The number of rotatable bonds is 5. The first-order valence-corrected chi connectivity index (χ1v) is 9.43. The minimum absolute atomic E-state index is 0.0217. The van der Waals surface area contributed by atoms with Crippen LogP contribution in [0.3, 0.4) is 0 Å². The third-order valence-electron chi connectivity index (χ3n) is 4.75. The molecule has 1 heterocycles. The average Bonchev–Trinajstić information content (AvgIpc) is 2.45. The second-order valence-corrected chi connectivity index (χ2v) is 8.20. The third kappa shape index (κ3) is 4.16. The lowest BCUT2D eigenvalue weighted by atomic mass is 9.83. The molecule has 2 fully saturated rings. The Kier molecular flexibility index (Phi) is 5.84. The number of nitrogens with two attached hydrogens (primary N) is 1. The summed E-state index contributed by atoms with van der Waals surface area (Å²) in [7, 11) is -3.36. The van der Waals surface area contributed by atoms with Gasteiger partial charge in [0.05, 0.1) is 0 Å². The Labute approximate surface area is 123 Å². The van der Waals surface area contributed by atoms with E-state index < -0.39 is 10.2 Å². The van der Waals surface area contributed by atoms with Crippen LogP contribution in [0.4, 0.5) is 0 Å². The highest BCUT2D eigenvalue weighted by molar-refractivity contribution is 7.87. The molecule has 0 radical (unpaired) electrons. The number of hydrogen-bond acceptors (Lipinski definition) is 3. The normalized spacial score (nSPS) is 33.2. The van der Waals surface area contributed by atoms with E-state index in [0.29, 0.717) is 25.6 Å². The molecule has 2 aliphatic rings. The molecule has 2 rings (SSSR count). The van der Waals surface area contributed by atoms with Crippen LogP contribution in [-0.2, 0) is 10.2 Å².